The second-order valence-electron chi connectivity index (χ2n) is 8.98. The zero-order valence-electron chi connectivity index (χ0n) is 20.0. The number of anilines is 1. The van der Waals surface area contributed by atoms with Crippen LogP contribution in [0.15, 0.2) is 66.9 Å². The molecule has 1 N–H and O–H groups in total. The minimum absolute atomic E-state index is 0.162. The number of methoxy groups -OCH3 is 1. The Bertz CT molecular complexity index is 1320. The van der Waals surface area contributed by atoms with Gasteiger partial charge in [-0.2, -0.15) is 0 Å². The smallest absolute Gasteiger partial charge is 0.270 e. The maximum Gasteiger partial charge on any atom is 0.270 e. The number of nitrogens with zero attached hydrogens (tertiary/aromatic N) is 3. The van der Waals surface area contributed by atoms with Crippen LogP contribution in [0.4, 0.5) is 10.1 Å². The molecule has 3 heterocycles. The van der Waals surface area contributed by atoms with E-state index < -0.39 is 5.82 Å². The Hall–Kier alpha value is -3.87. The number of aromatic nitrogens is 2. The van der Waals surface area contributed by atoms with Crippen molar-refractivity contribution in [3.8, 4) is 5.75 Å². The van der Waals surface area contributed by atoms with Crippen molar-refractivity contribution in [1.29, 1.82) is 0 Å². The van der Waals surface area contributed by atoms with Crippen LogP contribution < -0.4 is 15.0 Å². The predicted molar refractivity (Wildman–Crippen MR) is 135 cm³/mol. The lowest BCUT2D eigenvalue weighted by atomic mass is 9.89. The number of ether oxygens (including phenoxy) is 1. The summed E-state index contributed by atoms with van der Waals surface area (Å²) < 4.78 is 20.8. The maximum absolute atomic E-state index is 14.0. The van der Waals surface area contributed by atoms with E-state index in [4.69, 9.17) is 4.74 Å². The number of hydrogen-bond acceptors (Lipinski definition) is 4. The van der Waals surface area contributed by atoms with E-state index in [-0.39, 0.29) is 11.6 Å². The number of halogens is 1. The zero-order valence-corrected chi connectivity index (χ0v) is 20.0. The van der Waals surface area contributed by atoms with Crippen molar-refractivity contribution in [3.05, 3.63) is 95.2 Å². The molecule has 6 nitrogen and oxygen atoms in total. The molecule has 0 saturated carbocycles. The SMILES string of the molecule is COc1ccc(C2CCN(c3ccc(CNC(=O)c4c(C)nc5c(F)cccn45)cc3)CC2)cc1. The number of rotatable bonds is 6. The van der Waals surface area contributed by atoms with Gasteiger partial charge in [-0.1, -0.05) is 24.3 Å². The van der Waals surface area contributed by atoms with Gasteiger partial charge in [-0.05, 0) is 73.2 Å². The Morgan fingerprint density at radius 2 is 1.80 bits per heavy atom. The molecule has 0 bridgehead atoms. The van der Waals surface area contributed by atoms with Gasteiger partial charge in [0.2, 0.25) is 0 Å². The lowest BCUT2D eigenvalue weighted by Gasteiger charge is -2.34. The molecule has 0 atom stereocenters. The van der Waals surface area contributed by atoms with Gasteiger partial charge in [0.1, 0.15) is 11.4 Å². The van der Waals surface area contributed by atoms with Crippen molar-refractivity contribution in [2.75, 3.05) is 25.1 Å². The van der Waals surface area contributed by atoms with E-state index in [0.29, 0.717) is 23.9 Å². The third-order valence-electron chi connectivity index (χ3n) is 6.83. The number of fused-ring (bicyclic) bond motifs is 1. The van der Waals surface area contributed by atoms with Gasteiger partial charge in [0.15, 0.2) is 11.5 Å². The second kappa shape index (κ2) is 9.78. The molecule has 7 heteroatoms. The normalized spacial score (nSPS) is 14.3. The van der Waals surface area contributed by atoms with Crippen LogP contribution in [0.1, 0.15) is 46.1 Å². The van der Waals surface area contributed by atoms with Crippen molar-refractivity contribution in [2.24, 2.45) is 0 Å². The fourth-order valence-electron chi connectivity index (χ4n) is 4.86. The third-order valence-corrected chi connectivity index (χ3v) is 6.83. The van der Waals surface area contributed by atoms with Gasteiger partial charge in [0.25, 0.3) is 5.91 Å². The van der Waals surface area contributed by atoms with Crippen molar-refractivity contribution in [2.45, 2.75) is 32.2 Å². The van der Waals surface area contributed by atoms with Crippen LogP contribution in [0.25, 0.3) is 5.65 Å². The van der Waals surface area contributed by atoms with Crippen LogP contribution in [0.3, 0.4) is 0 Å². The van der Waals surface area contributed by atoms with E-state index >= 15 is 0 Å². The highest BCUT2D eigenvalue weighted by Gasteiger charge is 2.21. The Morgan fingerprint density at radius 1 is 1.09 bits per heavy atom. The van der Waals surface area contributed by atoms with Gasteiger partial charge in [0, 0.05) is 31.5 Å². The van der Waals surface area contributed by atoms with E-state index in [0.717, 1.165) is 37.2 Å². The number of carbonyl (C=O) groups is 1. The highest BCUT2D eigenvalue weighted by molar-refractivity contribution is 5.94. The van der Waals surface area contributed by atoms with Gasteiger partial charge in [0.05, 0.1) is 12.8 Å². The Labute approximate surface area is 204 Å². The average Bonchev–Trinajstić information content (AvgIpc) is 3.25. The van der Waals surface area contributed by atoms with Gasteiger partial charge in [-0.3, -0.25) is 9.20 Å². The van der Waals surface area contributed by atoms with Crippen molar-refractivity contribution < 1.29 is 13.9 Å². The first-order valence-corrected chi connectivity index (χ1v) is 11.9. The fourth-order valence-corrected chi connectivity index (χ4v) is 4.86. The number of aryl methyl sites for hydroxylation is 1. The predicted octanol–water partition coefficient (Wildman–Crippen LogP) is 5.10. The van der Waals surface area contributed by atoms with Gasteiger partial charge >= 0.3 is 0 Å². The summed E-state index contributed by atoms with van der Waals surface area (Å²) in [5.74, 6) is 0.747. The van der Waals surface area contributed by atoms with Crippen molar-refractivity contribution in [3.63, 3.8) is 0 Å². The first-order valence-electron chi connectivity index (χ1n) is 11.9. The standard InChI is InChI=1S/C28H29FN4O2/c1-19-26(33-15-3-4-25(29)27(33)31-19)28(34)30-18-20-5-9-23(10-6-20)32-16-13-22(14-17-32)21-7-11-24(35-2)12-8-21/h3-12,15,22H,13-14,16-18H2,1-2H3,(H,30,34). The molecule has 0 radical (unpaired) electrons. The number of amides is 1. The van der Waals surface area contributed by atoms with E-state index in [2.05, 4.69) is 39.5 Å². The minimum Gasteiger partial charge on any atom is -0.497 e. The molecule has 1 amide bonds. The van der Waals surface area contributed by atoms with E-state index in [1.54, 1.807) is 26.3 Å². The molecule has 1 aliphatic heterocycles. The van der Waals surface area contributed by atoms with E-state index in [1.807, 2.05) is 24.3 Å². The molecule has 0 aliphatic carbocycles. The van der Waals surface area contributed by atoms with E-state index in [9.17, 15) is 9.18 Å². The summed E-state index contributed by atoms with van der Waals surface area (Å²) in [6, 6.07) is 19.7. The number of imidazole rings is 1. The van der Waals surface area contributed by atoms with Crippen LogP contribution in [-0.2, 0) is 6.54 Å². The lowest BCUT2D eigenvalue weighted by molar-refractivity contribution is 0.0944. The van der Waals surface area contributed by atoms with Crippen molar-refractivity contribution >= 4 is 17.2 Å². The first kappa shape index (κ1) is 22.9. The monoisotopic (exact) mass is 472 g/mol. The molecular weight excluding hydrogens is 443 g/mol. The minimum atomic E-state index is -0.446. The molecule has 5 rings (SSSR count). The average molecular weight is 473 g/mol. The van der Waals surface area contributed by atoms with Crippen molar-refractivity contribution in [1.82, 2.24) is 14.7 Å². The first-order chi connectivity index (χ1) is 17.0. The van der Waals surface area contributed by atoms with E-state index in [1.165, 1.54) is 21.7 Å². The van der Waals surface area contributed by atoms with Crippen LogP contribution in [-0.4, -0.2) is 35.5 Å². The quantitative estimate of drug-likeness (QED) is 0.424. The van der Waals surface area contributed by atoms with Crippen LogP contribution >= 0.6 is 0 Å². The Kier molecular flexibility index (Phi) is 6.40. The van der Waals surface area contributed by atoms with Crippen LogP contribution in [0, 0.1) is 12.7 Å². The summed E-state index contributed by atoms with van der Waals surface area (Å²) in [5.41, 5.74) is 4.60. The summed E-state index contributed by atoms with van der Waals surface area (Å²) >= 11 is 0. The van der Waals surface area contributed by atoms with Crippen LogP contribution in [0.2, 0.25) is 0 Å². The number of benzene rings is 2. The molecule has 2 aromatic heterocycles. The molecule has 1 saturated heterocycles. The second-order valence-corrected chi connectivity index (χ2v) is 8.98. The number of carbonyl (C=O) groups excluding carboxylic acids is 1. The summed E-state index contributed by atoms with van der Waals surface area (Å²) in [5, 5.41) is 2.94. The fraction of sp³-hybridized carbons (Fsp3) is 0.286. The molecule has 180 valence electrons. The summed E-state index contributed by atoms with van der Waals surface area (Å²) in [4.78, 5) is 19.4. The maximum atomic E-state index is 14.0. The third kappa shape index (κ3) is 4.71. The molecular formula is C28H29FN4O2. The number of nitrogens with one attached hydrogen (secondary N) is 1. The molecule has 4 aromatic rings. The lowest BCUT2D eigenvalue weighted by Crippen LogP contribution is -2.32. The van der Waals surface area contributed by atoms with Gasteiger partial charge in [-0.15, -0.1) is 0 Å². The zero-order chi connectivity index (χ0) is 24.4. The molecule has 2 aromatic carbocycles. The Balaban J connectivity index is 1.17. The summed E-state index contributed by atoms with van der Waals surface area (Å²) in [7, 11) is 1.69. The van der Waals surface area contributed by atoms with Crippen LogP contribution in [0.5, 0.6) is 5.75 Å². The summed E-state index contributed by atoms with van der Waals surface area (Å²) in [6.45, 7) is 4.13. The highest BCUT2D eigenvalue weighted by atomic mass is 19.1. The highest BCUT2D eigenvalue weighted by Crippen LogP contribution is 2.31. The number of piperidine rings is 1. The van der Waals surface area contributed by atoms with Gasteiger partial charge < -0.3 is 15.0 Å². The number of pyridine rings is 1. The topological polar surface area (TPSA) is 58.9 Å². The molecule has 1 aliphatic rings. The molecule has 35 heavy (non-hydrogen) atoms. The summed E-state index contributed by atoms with van der Waals surface area (Å²) in [6.07, 6.45) is 3.88. The molecule has 1 fully saturated rings. The Morgan fingerprint density at radius 3 is 2.49 bits per heavy atom. The molecule has 0 unspecified atom stereocenters. The largest absolute Gasteiger partial charge is 0.497 e. The van der Waals surface area contributed by atoms with Gasteiger partial charge in [-0.25, -0.2) is 9.37 Å². The number of hydrogen-bond donors (Lipinski definition) is 1. The molecule has 0 spiro atoms.